The maximum absolute atomic E-state index is 11.1. The molecule has 0 aromatic carbocycles. The van der Waals surface area contributed by atoms with Gasteiger partial charge in [-0.2, -0.15) is 0 Å². The largest absolute Gasteiger partial charge is 0.464 e. The first-order chi connectivity index (χ1) is 6.04. The van der Waals surface area contributed by atoms with Crippen LogP contribution in [-0.4, -0.2) is 36.8 Å². The number of esters is 1. The zero-order valence-corrected chi connectivity index (χ0v) is 7.85. The van der Waals surface area contributed by atoms with Crippen LogP contribution in [0.5, 0.6) is 0 Å². The SMILES string of the molecule is CCOC(=O)C(OC)C(C)[N+](=O)[O-]. The lowest BCUT2D eigenvalue weighted by molar-refractivity contribution is -0.527. The van der Waals surface area contributed by atoms with Crippen LogP contribution in [0.15, 0.2) is 0 Å². The molecule has 0 saturated heterocycles. The molecule has 0 saturated carbocycles. The van der Waals surface area contributed by atoms with Gasteiger partial charge in [0.05, 0.1) is 6.61 Å². The van der Waals surface area contributed by atoms with Gasteiger partial charge >= 0.3 is 5.97 Å². The van der Waals surface area contributed by atoms with Crippen molar-refractivity contribution < 1.29 is 19.2 Å². The highest BCUT2D eigenvalue weighted by molar-refractivity contribution is 5.75. The van der Waals surface area contributed by atoms with E-state index in [1.807, 2.05) is 0 Å². The second-order valence-electron chi connectivity index (χ2n) is 2.43. The second-order valence-corrected chi connectivity index (χ2v) is 2.43. The molecule has 0 radical (unpaired) electrons. The number of hydrogen-bond donors (Lipinski definition) is 0. The minimum Gasteiger partial charge on any atom is -0.464 e. The van der Waals surface area contributed by atoms with Crippen molar-refractivity contribution >= 4 is 5.97 Å². The predicted octanol–water partition coefficient (Wildman–Crippen LogP) is 0.230. The molecule has 0 spiro atoms. The molecule has 0 fully saturated rings. The number of methoxy groups -OCH3 is 1. The van der Waals surface area contributed by atoms with Crippen LogP contribution in [0.2, 0.25) is 0 Å². The van der Waals surface area contributed by atoms with Crippen molar-refractivity contribution in [2.45, 2.75) is 26.0 Å². The summed E-state index contributed by atoms with van der Waals surface area (Å²) in [7, 11) is 1.24. The number of hydrogen-bond acceptors (Lipinski definition) is 5. The number of carbonyl (C=O) groups is 1. The molecule has 0 aliphatic rings. The molecule has 0 rings (SSSR count). The van der Waals surface area contributed by atoms with Gasteiger partial charge in [0, 0.05) is 19.0 Å². The van der Waals surface area contributed by atoms with E-state index in [-0.39, 0.29) is 6.61 Å². The summed E-state index contributed by atoms with van der Waals surface area (Å²) in [5.41, 5.74) is 0. The van der Waals surface area contributed by atoms with Gasteiger partial charge in [-0.25, -0.2) is 4.79 Å². The molecule has 0 amide bonds. The third kappa shape index (κ3) is 3.37. The molecule has 0 aromatic rings. The number of ether oxygens (including phenoxy) is 2. The molecule has 0 heterocycles. The number of nitro groups is 1. The molecule has 0 aliphatic heterocycles. The van der Waals surface area contributed by atoms with Gasteiger partial charge in [0.15, 0.2) is 0 Å². The zero-order chi connectivity index (χ0) is 10.4. The Balaban J connectivity index is 4.31. The summed E-state index contributed by atoms with van der Waals surface area (Å²) in [5.74, 6) is -0.700. The van der Waals surface area contributed by atoms with Crippen LogP contribution in [-0.2, 0) is 14.3 Å². The molecule has 0 N–H and O–H groups in total. The summed E-state index contributed by atoms with van der Waals surface area (Å²) in [6.07, 6.45) is -1.13. The summed E-state index contributed by atoms with van der Waals surface area (Å²) in [4.78, 5) is 20.8. The molecule has 2 unspecified atom stereocenters. The van der Waals surface area contributed by atoms with Crippen molar-refractivity contribution in [1.29, 1.82) is 0 Å². The van der Waals surface area contributed by atoms with E-state index < -0.39 is 23.0 Å². The standard InChI is InChI=1S/C7H13NO5/c1-4-13-7(9)6(12-3)5(2)8(10)11/h5-6H,4H2,1-3H3. The molecular weight excluding hydrogens is 178 g/mol. The van der Waals surface area contributed by atoms with Crippen LogP contribution in [0.25, 0.3) is 0 Å². The maximum atomic E-state index is 11.1. The van der Waals surface area contributed by atoms with Gasteiger partial charge in [-0.1, -0.05) is 0 Å². The first kappa shape index (κ1) is 11.8. The summed E-state index contributed by atoms with van der Waals surface area (Å²) in [5, 5.41) is 10.3. The predicted molar refractivity (Wildman–Crippen MR) is 43.9 cm³/mol. The Morgan fingerprint density at radius 2 is 2.15 bits per heavy atom. The number of rotatable bonds is 5. The van der Waals surface area contributed by atoms with Crippen LogP contribution < -0.4 is 0 Å². The molecule has 2 atom stereocenters. The minimum absolute atomic E-state index is 0.184. The average molecular weight is 191 g/mol. The summed E-state index contributed by atoms with van der Waals surface area (Å²) < 4.78 is 9.27. The number of carbonyl (C=O) groups excluding carboxylic acids is 1. The van der Waals surface area contributed by atoms with Crippen LogP contribution in [0.3, 0.4) is 0 Å². The quantitative estimate of drug-likeness (QED) is 0.353. The fraction of sp³-hybridized carbons (Fsp3) is 0.857. The fourth-order valence-electron chi connectivity index (χ4n) is 0.825. The summed E-state index contributed by atoms with van der Waals surface area (Å²) >= 11 is 0. The lowest BCUT2D eigenvalue weighted by atomic mass is 10.2. The molecule has 0 aliphatic carbocycles. The Bertz CT molecular complexity index is 193. The molecule has 13 heavy (non-hydrogen) atoms. The summed E-state index contributed by atoms with van der Waals surface area (Å²) in [6, 6.07) is -1.09. The van der Waals surface area contributed by atoms with Gasteiger partial charge in [0.1, 0.15) is 0 Å². The average Bonchev–Trinajstić information content (AvgIpc) is 2.05. The number of nitrogens with zero attached hydrogens (tertiary/aromatic N) is 1. The first-order valence-corrected chi connectivity index (χ1v) is 3.87. The van der Waals surface area contributed by atoms with Gasteiger partial charge in [-0.15, -0.1) is 0 Å². The normalized spacial score (nSPS) is 14.7. The smallest absolute Gasteiger partial charge is 0.342 e. The van der Waals surface area contributed by atoms with Gasteiger partial charge in [-0.3, -0.25) is 10.1 Å². The van der Waals surface area contributed by atoms with Gasteiger partial charge < -0.3 is 9.47 Å². The van der Waals surface area contributed by atoms with Crippen LogP contribution in [0.1, 0.15) is 13.8 Å². The zero-order valence-electron chi connectivity index (χ0n) is 7.85. The monoisotopic (exact) mass is 191 g/mol. The lowest BCUT2D eigenvalue weighted by Gasteiger charge is -2.14. The Kier molecular flexibility index (Phi) is 4.98. The van der Waals surface area contributed by atoms with Gasteiger partial charge in [0.25, 0.3) is 0 Å². The van der Waals surface area contributed by atoms with Gasteiger partial charge in [-0.05, 0) is 6.92 Å². The van der Waals surface area contributed by atoms with E-state index in [0.717, 1.165) is 0 Å². The highest BCUT2D eigenvalue weighted by Gasteiger charge is 2.34. The van der Waals surface area contributed by atoms with Crippen molar-refractivity contribution in [3.05, 3.63) is 10.1 Å². The van der Waals surface area contributed by atoms with E-state index in [4.69, 9.17) is 0 Å². The van der Waals surface area contributed by atoms with E-state index in [2.05, 4.69) is 9.47 Å². The molecule has 0 aromatic heterocycles. The van der Waals surface area contributed by atoms with Crippen molar-refractivity contribution in [3.63, 3.8) is 0 Å². The highest BCUT2D eigenvalue weighted by atomic mass is 16.6. The topological polar surface area (TPSA) is 78.7 Å². The first-order valence-electron chi connectivity index (χ1n) is 3.87. The third-order valence-corrected chi connectivity index (χ3v) is 1.54. The van der Waals surface area contributed by atoms with Crippen LogP contribution in [0.4, 0.5) is 0 Å². The van der Waals surface area contributed by atoms with E-state index >= 15 is 0 Å². The van der Waals surface area contributed by atoms with E-state index in [9.17, 15) is 14.9 Å². The Hall–Kier alpha value is -1.17. The highest BCUT2D eigenvalue weighted by Crippen LogP contribution is 2.04. The van der Waals surface area contributed by atoms with E-state index in [0.29, 0.717) is 0 Å². The van der Waals surface area contributed by atoms with Crippen LogP contribution in [0, 0.1) is 10.1 Å². The van der Waals surface area contributed by atoms with Crippen molar-refractivity contribution in [2.75, 3.05) is 13.7 Å². The lowest BCUT2D eigenvalue weighted by Crippen LogP contribution is -2.40. The summed E-state index contributed by atoms with van der Waals surface area (Å²) in [6.45, 7) is 3.11. The Labute approximate surface area is 76.0 Å². The molecular formula is C7H13NO5. The minimum atomic E-state index is -1.13. The Morgan fingerprint density at radius 3 is 2.46 bits per heavy atom. The van der Waals surface area contributed by atoms with Gasteiger partial charge in [0.2, 0.25) is 12.1 Å². The van der Waals surface area contributed by atoms with Crippen molar-refractivity contribution in [3.8, 4) is 0 Å². The van der Waals surface area contributed by atoms with E-state index in [1.54, 1.807) is 6.92 Å². The Morgan fingerprint density at radius 1 is 1.62 bits per heavy atom. The molecule has 6 nitrogen and oxygen atoms in total. The molecule has 6 heteroatoms. The van der Waals surface area contributed by atoms with Crippen molar-refractivity contribution in [2.24, 2.45) is 0 Å². The third-order valence-electron chi connectivity index (χ3n) is 1.54. The van der Waals surface area contributed by atoms with Crippen LogP contribution >= 0.6 is 0 Å². The van der Waals surface area contributed by atoms with Crippen molar-refractivity contribution in [1.82, 2.24) is 0 Å². The molecule has 0 bridgehead atoms. The van der Waals surface area contributed by atoms with E-state index in [1.165, 1.54) is 14.0 Å². The maximum Gasteiger partial charge on any atom is 0.342 e. The second kappa shape index (κ2) is 5.47. The molecule has 76 valence electrons. The fourth-order valence-corrected chi connectivity index (χ4v) is 0.825.